The van der Waals surface area contributed by atoms with Crippen LogP contribution in [0.4, 0.5) is 0 Å². The second-order valence-electron chi connectivity index (χ2n) is 7.91. The number of ether oxygens (including phenoxy) is 1. The van der Waals surface area contributed by atoms with Gasteiger partial charge in [-0.1, -0.05) is 37.7 Å². The number of rotatable bonds is 2. The maximum Gasteiger partial charge on any atom is 0.232 e. The van der Waals surface area contributed by atoms with Gasteiger partial charge in [0.1, 0.15) is 0 Å². The van der Waals surface area contributed by atoms with Gasteiger partial charge < -0.3 is 10.5 Å². The van der Waals surface area contributed by atoms with Crippen molar-refractivity contribution in [1.29, 1.82) is 0 Å². The highest BCUT2D eigenvalue weighted by molar-refractivity contribution is 8.13. The summed E-state index contributed by atoms with van der Waals surface area (Å²) in [5, 5.41) is 0.703. The molecule has 1 spiro atoms. The number of hydrogen-bond acceptors (Lipinski definition) is 6. The van der Waals surface area contributed by atoms with E-state index in [4.69, 9.17) is 15.5 Å². The Balaban J connectivity index is 1.83. The first-order chi connectivity index (χ1) is 12.4. The van der Waals surface area contributed by atoms with Gasteiger partial charge in [-0.25, -0.2) is 9.97 Å². The lowest BCUT2D eigenvalue weighted by atomic mass is 9.64. The summed E-state index contributed by atoms with van der Waals surface area (Å²) in [5.74, 6) is 1.53. The molecule has 0 fully saturated rings. The van der Waals surface area contributed by atoms with Crippen LogP contribution in [0, 0.1) is 5.41 Å². The van der Waals surface area contributed by atoms with Crippen molar-refractivity contribution in [2.45, 2.75) is 38.6 Å². The highest BCUT2D eigenvalue weighted by Gasteiger charge is 2.45. The number of fused-ring (bicyclic) bond motifs is 2. The van der Waals surface area contributed by atoms with Crippen LogP contribution in [0.2, 0.25) is 0 Å². The van der Waals surface area contributed by atoms with E-state index in [0.717, 1.165) is 36.3 Å². The van der Waals surface area contributed by atoms with Gasteiger partial charge >= 0.3 is 0 Å². The fourth-order valence-electron chi connectivity index (χ4n) is 4.31. The number of aliphatic imine (C=N–C) groups is 1. The van der Waals surface area contributed by atoms with Gasteiger partial charge in [0.05, 0.1) is 30.7 Å². The van der Waals surface area contributed by atoms with Crippen LogP contribution >= 0.6 is 11.8 Å². The van der Waals surface area contributed by atoms with E-state index in [1.807, 2.05) is 0 Å². The molecule has 4 rings (SSSR count). The molecule has 5 nitrogen and oxygen atoms in total. The highest BCUT2D eigenvalue weighted by atomic mass is 32.2. The summed E-state index contributed by atoms with van der Waals surface area (Å²) in [7, 11) is 1.59. The summed E-state index contributed by atoms with van der Waals surface area (Å²) in [6, 6.07) is 6.61. The molecule has 1 aliphatic carbocycles. The zero-order chi connectivity index (χ0) is 18.4. The second kappa shape index (κ2) is 6.27. The molecule has 2 aromatic rings. The number of benzene rings is 1. The van der Waals surface area contributed by atoms with Gasteiger partial charge in [0.25, 0.3) is 0 Å². The minimum Gasteiger partial charge on any atom is -0.480 e. The molecular weight excluding hydrogens is 344 g/mol. The highest BCUT2D eigenvalue weighted by Crippen LogP contribution is 2.51. The van der Waals surface area contributed by atoms with Crippen molar-refractivity contribution in [3.05, 3.63) is 41.7 Å². The van der Waals surface area contributed by atoms with E-state index in [1.54, 1.807) is 31.3 Å². The summed E-state index contributed by atoms with van der Waals surface area (Å²) < 4.78 is 5.11. The molecule has 1 atom stereocenters. The Morgan fingerprint density at radius 3 is 2.73 bits per heavy atom. The monoisotopic (exact) mass is 368 g/mol. The zero-order valence-corrected chi connectivity index (χ0v) is 16.3. The van der Waals surface area contributed by atoms with Gasteiger partial charge in [0.15, 0.2) is 5.17 Å². The van der Waals surface area contributed by atoms with Gasteiger partial charge in [-0.3, -0.25) is 4.99 Å². The van der Waals surface area contributed by atoms with Crippen LogP contribution in [0.5, 0.6) is 5.88 Å². The molecular formula is C20H24N4OS. The Bertz CT molecular complexity index is 863. The number of methoxy groups -OCH3 is 1. The molecule has 0 saturated heterocycles. The Morgan fingerprint density at radius 1 is 1.19 bits per heavy atom. The maximum absolute atomic E-state index is 6.14. The van der Waals surface area contributed by atoms with Crippen LogP contribution in [0.3, 0.4) is 0 Å². The summed E-state index contributed by atoms with van der Waals surface area (Å²) >= 11 is 1.66. The summed E-state index contributed by atoms with van der Waals surface area (Å²) in [5.41, 5.74) is 10.7. The number of nitrogens with zero attached hydrogens (tertiary/aromatic N) is 3. The molecule has 0 amide bonds. The summed E-state index contributed by atoms with van der Waals surface area (Å²) in [6.45, 7) is 4.65. The third-order valence-electron chi connectivity index (χ3n) is 5.27. The Kier molecular flexibility index (Phi) is 4.18. The number of thioether (sulfide) groups is 1. The van der Waals surface area contributed by atoms with E-state index in [2.05, 4.69) is 42.0 Å². The predicted molar refractivity (Wildman–Crippen MR) is 106 cm³/mol. The van der Waals surface area contributed by atoms with Gasteiger partial charge in [-0.15, -0.1) is 0 Å². The Labute approximate surface area is 158 Å². The largest absolute Gasteiger partial charge is 0.480 e. The van der Waals surface area contributed by atoms with Crippen molar-refractivity contribution >= 4 is 16.9 Å². The van der Waals surface area contributed by atoms with Crippen molar-refractivity contribution in [2.75, 3.05) is 12.9 Å². The van der Waals surface area contributed by atoms with Gasteiger partial charge in [-0.2, -0.15) is 0 Å². The maximum atomic E-state index is 6.14. The van der Waals surface area contributed by atoms with Crippen molar-refractivity contribution in [3.63, 3.8) is 0 Å². The minimum atomic E-state index is -0.220. The van der Waals surface area contributed by atoms with Crippen LogP contribution in [0.1, 0.15) is 37.8 Å². The van der Waals surface area contributed by atoms with Crippen LogP contribution < -0.4 is 10.5 Å². The van der Waals surface area contributed by atoms with Crippen LogP contribution in [-0.4, -0.2) is 28.0 Å². The van der Waals surface area contributed by atoms with E-state index >= 15 is 0 Å². The van der Waals surface area contributed by atoms with E-state index in [9.17, 15) is 0 Å². The lowest BCUT2D eigenvalue weighted by Crippen LogP contribution is -2.41. The lowest BCUT2D eigenvalue weighted by Gasteiger charge is -2.45. The SMILES string of the molecule is COc1cnc(-c2ccc3c(c2)C2(CCSC(N)=N2)CC(C)(C)C3)cn1. The molecule has 136 valence electrons. The Hall–Kier alpha value is -2.08. The summed E-state index contributed by atoms with van der Waals surface area (Å²) in [6.07, 6.45) is 6.51. The summed E-state index contributed by atoms with van der Waals surface area (Å²) in [4.78, 5) is 13.8. The standard InChI is InChI=1S/C20H24N4OS/c1-19(2)9-14-5-4-13(16-10-23-17(25-3)11-22-16)8-15(14)20(12-19)6-7-26-18(21)24-20/h4-5,8,10-11H,6-7,9,12H2,1-3H3,(H2,21,24). The third kappa shape index (κ3) is 3.07. The molecule has 26 heavy (non-hydrogen) atoms. The molecule has 1 aromatic heterocycles. The van der Waals surface area contributed by atoms with Gasteiger partial charge in [0.2, 0.25) is 5.88 Å². The first-order valence-corrected chi connectivity index (χ1v) is 9.87. The fourth-order valence-corrected chi connectivity index (χ4v) is 5.19. The number of nitrogens with two attached hydrogens (primary N) is 1. The zero-order valence-electron chi connectivity index (χ0n) is 15.5. The van der Waals surface area contributed by atoms with Crippen molar-refractivity contribution in [1.82, 2.24) is 9.97 Å². The van der Waals surface area contributed by atoms with Gasteiger partial charge in [-0.05, 0) is 41.9 Å². The molecule has 1 aliphatic heterocycles. The average Bonchev–Trinajstić information content (AvgIpc) is 2.60. The molecule has 1 unspecified atom stereocenters. The Morgan fingerprint density at radius 2 is 2.04 bits per heavy atom. The van der Waals surface area contributed by atoms with Crippen molar-refractivity contribution in [3.8, 4) is 17.1 Å². The lowest BCUT2D eigenvalue weighted by molar-refractivity contribution is 0.205. The quantitative estimate of drug-likeness (QED) is 0.873. The average molecular weight is 369 g/mol. The third-order valence-corrected chi connectivity index (χ3v) is 6.07. The van der Waals surface area contributed by atoms with E-state index in [1.165, 1.54) is 11.1 Å². The van der Waals surface area contributed by atoms with Crippen molar-refractivity contribution < 1.29 is 4.74 Å². The molecule has 6 heteroatoms. The smallest absolute Gasteiger partial charge is 0.232 e. The first-order valence-electron chi connectivity index (χ1n) is 8.89. The van der Waals surface area contributed by atoms with Crippen molar-refractivity contribution in [2.24, 2.45) is 16.1 Å². The fraction of sp³-hybridized carbons (Fsp3) is 0.450. The van der Waals surface area contributed by atoms with Crippen LogP contribution in [0.25, 0.3) is 11.3 Å². The molecule has 1 aromatic carbocycles. The predicted octanol–water partition coefficient (Wildman–Crippen LogP) is 3.77. The normalized spacial score (nSPS) is 24.0. The van der Waals surface area contributed by atoms with Crippen LogP contribution in [-0.2, 0) is 12.0 Å². The first kappa shape index (κ1) is 17.3. The van der Waals surface area contributed by atoms with E-state index in [-0.39, 0.29) is 11.0 Å². The molecule has 2 heterocycles. The minimum absolute atomic E-state index is 0.209. The molecule has 0 bridgehead atoms. The molecule has 2 N–H and O–H groups in total. The van der Waals surface area contributed by atoms with Gasteiger partial charge in [0, 0.05) is 11.3 Å². The topological polar surface area (TPSA) is 73.4 Å². The van der Waals surface area contributed by atoms with E-state index in [0.29, 0.717) is 11.0 Å². The molecule has 0 radical (unpaired) electrons. The number of amidine groups is 1. The number of hydrogen-bond donors (Lipinski definition) is 1. The van der Waals surface area contributed by atoms with E-state index < -0.39 is 0 Å². The molecule has 0 saturated carbocycles. The van der Waals surface area contributed by atoms with Crippen LogP contribution in [0.15, 0.2) is 35.6 Å². The second-order valence-corrected chi connectivity index (χ2v) is 9.03. The molecule has 2 aliphatic rings. The number of aromatic nitrogens is 2.